The van der Waals surface area contributed by atoms with E-state index in [1.165, 1.54) is 16.5 Å². The first kappa shape index (κ1) is 16.1. The highest BCUT2D eigenvalue weighted by Gasteiger charge is 2.15. The van der Waals surface area contributed by atoms with Crippen molar-refractivity contribution in [2.75, 3.05) is 12.3 Å². The lowest BCUT2D eigenvalue weighted by molar-refractivity contribution is 0.610. The van der Waals surface area contributed by atoms with Gasteiger partial charge >= 0.3 is 0 Å². The molecule has 1 unspecified atom stereocenters. The van der Waals surface area contributed by atoms with Crippen LogP contribution in [0.15, 0.2) is 47.4 Å². The molecule has 0 aliphatic rings. The summed E-state index contributed by atoms with van der Waals surface area (Å²) >= 11 is 1.84. The SMILES string of the molecule is CCNC(c1ccc(SCC)cc1)c1ccc(F)cc1C. The maximum Gasteiger partial charge on any atom is 0.123 e. The summed E-state index contributed by atoms with van der Waals surface area (Å²) in [6.07, 6.45) is 0. The third-order valence-electron chi connectivity index (χ3n) is 3.48. The van der Waals surface area contributed by atoms with E-state index in [-0.39, 0.29) is 11.9 Å². The summed E-state index contributed by atoms with van der Waals surface area (Å²) < 4.78 is 13.3. The van der Waals surface area contributed by atoms with Gasteiger partial charge in [-0.05, 0) is 60.2 Å². The topological polar surface area (TPSA) is 12.0 Å². The molecule has 1 atom stereocenters. The van der Waals surface area contributed by atoms with Crippen molar-refractivity contribution in [1.29, 1.82) is 0 Å². The van der Waals surface area contributed by atoms with Crippen LogP contribution in [0.4, 0.5) is 4.39 Å². The van der Waals surface area contributed by atoms with Gasteiger partial charge in [0.2, 0.25) is 0 Å². The van der Waals surface area contributed by atoms with Crippen molar-refractivity contribution in [2.45, 2.75) is 31.7 Å². The maximum atomic E-state index is 13.3. The highest BCUT2D eigenvalue weighted by molar-refractivity contribution is 7.99. The third-order valence-corrected chi connectivity index (χ3v) is 4.37. The summed E-state index contributed by atoms with van der Waals surface area (Å²) in [5.74, 6) is 0.897. The van der Waals surface area contributed by atoms with E-state index in [0.29, 0.717) is 0 Å². The summed E-state index contributed by atoms with van der Waals surface area (Å²) in [6.45, 7) is 7.08. The minimum atomic E-state index is -0.179. The van der Waals surface area contributed by atoms with Crippen molar-refractivity contribution in [3.05, 3.63) is 65.0 Å². The fourth-order valence-electron chi connectivity index (χ4n) is 2.50. The number of rotatable bonds is 6. The third kappa shape index (κ3) is 4.08. The van der Waals surface area contributed by atoms with E-state index in [2.05, 4.69) is 43.4 Å². The van der Waals surface area contributed by atoms with Crippen LogP contribution < -0.4 is 5.32 Å². The van der Waals surface area contributed by atoms with Crippen molar-refractivity contribution in [2.24, 2.45) is 0 Å². The summed E-state index contributed by atoms with van der Waals surface area (Å²) in [5.41, 5.74) is 3.33. The van der Waals surface area contributed by atoms with E-state index in [4.69, 9.17) is 0 Å². The van der Waals surface area contributed by atoms with Gasteiger partial charge in [0.15, 0.2) is 0 Å². The highest BCUT2D eigenvalue weighted by Crippen LogP contribution is 2.27. The Kier molecular flexibility index (Phi) is 5.83. The monoisotopic (exact) mass is 303 g/mol. The van der Waals surface area contributed by atoms with E-state index in [9.17, 15) is 4.39 Å². The first-order valence-electron chi connectivity index (χ1n) is 7.37. The molecule has 0 aliphatic carbocycles. The van der Waals surface area contributed by atoms with Crippen LogP contribution in [0.25, 0.3) is 0 Å². The second-order valence-corrected chi connectivity index (χ2v) is 6.33. The van der Waals surface area contributed by atoms with Crippen molar-refractivity contribution in [3.8, 4) is 0 Å². The van der Waals surface area contributed by atoms with E-state index < -0.39 is 0 Å². The summed E-state index contributed by atoms with van der Waals surface area (Å²) in [6, 6.07) is 13.8. The smallest absolute Gasteiger partial charge is 0.123 e. The Hall–Kier alpha value is -1.32. The van der Waals surface area contributed by atoms with Crippen molar-refractivity contribution in [3.63, 3.8) is 0 Å². The zero-order chi connectivity index (χ0) is 15.2. The summed E-state index contributed by atoms with van der Waals surface area (Å²) in [4.78, 5) is 1.28. The average Bonchev–Trinajstić information content (AvgIpc) is 2.47. The lowest BCUT2D eigenvalue weighted by atomic mass is 9.95. The Balaban J connectivity index is 2.33. The predicted octanol–water partition coefficient (Wildman–Crippen LogP) is 4.95. The van der Waals surface area contributed by atoms with Gasteiger partial charge in [0.05, 0.1) is 6.04 Å². The lowest BCUT2D eigenvalue weighted by Gasteiger charge is -2.21. The van der Waals surface area contributed by atoms with Crippen LogP contribution in [-0.4, -0.2) is 12.3 Å². The molecular weight excluding hydrogens is 281 g/mol. The molecule has 0 saturated carbocycles. The fraction of sp³-hybridized carbons (Fsp3) is 0.333. The molecule has 1 nitrogen and oxygen atoms in total. The van der Waals surface area contributed by atoms with Crippen LogP contribution in [-0.2, 0) is 0 Å². The normalized spacial score (nSPS) is 12.4. The number of aryl methyl sites for hydroxylation is 1. The molecule has 0 fully saturated rings. The Morgan fingerprint density at radius 3 is 2.38 bits per heavy atom. The number of thioether (sulfide) groups is 1. The molecule has 0 bridgehead atoms. The standard InChI is InChI=1S/C18H22FNS/c1-4-20-18(17-11-8-15(19)12-13(17)3)14-6-9-16(10-7-14)21-5-2/h6-12,18,20H,4-5H2,1-3H3. The number of hydrogen-bond donors (Lipinski definition) is 1. The summed E-state index contributed by atoms with van der Waals surface area (Å²) in [7, 11) is 0. The van der Waals surface area contributed by atoms with E-state index in [1.807, 2.05) is 24.8 Å². The Bertz CT molecular complexity index is 580. The van der Waals surface area contributed by atoms with Crippen LogP contribution in [0.1, 0.15) is 36.6 Å². The van der Waals surface area contributed by atoms with Crippen LogP contribution in [0.3, 0.4) is 0 Å². The molecule has 0 aromatic heterocycles. The van der Waals surface area contributed by atoms with Gasteiger partial charge in [0.25, 0.3) is 0 Å². The molecule has 2 aromatic rings. The second kappa shape index (κ2) is 7.62. The number of nitrogens with one attached hydrogen (secondary N) is 1. The van der Waals surface area contributed by atoms with Crippen molar-refractivity contribution < 1.29 is 4.39 Å². The number of hydrogen-bond acceptors (Lipinski definition) is 2. The van der Waals surface area contributed by atoms with E-state index >= 15 is 0 Å². The Morgan fingerprint density at radius 2 is 1.81 bits per heavy atom. The van der Waals surface area contributed by atoms with Gasteiger partial charge in [-0.1, -0.05) is 32.0 Å². The molecule has 112 valence electrons. The quantitative estimate of drug-likeness (QED) is 0.758. The van der Waals surface area contributed by atoms with Crippen LogP contribution in [0, 0.1) is 12.7 Å². The van der Waals surface area contributed by atoms with Gasteiger partial charge < -0.3 is 5.32 Å². The molecule has 3 heteroatoms. The Morgan fingerprint density at radius 1 is 1.10 bits per heavy atom. The zero-order valence-electron chi connectivity index (χ0n) is 12.8. The van der Waals surface area contributed by atoms with Gasteiger partial charge in [-0.15, -0.1) is 11.8 Å². The minimum Gasteiger partial charge on any atom is -0.307 e. The largest absolute Gasteiger partial charge is 0.307 e. The maximum absolute atomic E-state index is 13.3. The summed E-state index contributed by atoms with van der Waals surface area (Å²) in [5, 5.41) is 3.50. The highest BCUT2D eigenvalue weighted by atomic mass is 32.2. The molecule has 2 rings (SSSR count). The zero-order valence-corrected chi connectivity index (χ0v) is 13.6. The number of benzene rings is 2. The first-order valence-corrected chi connectivity index (χ1v) is 8.36. The second-order valence-electron chi connectivity index (χ2n) is 4.99. The molecular formula is C18H22FNS. The first-order chi connectivity index (χ1) is 10.2. The van der Waals surface area contributed by atoms with Gasteiger partial charge in [-0.2, -0.15) is 0 Å². The molecule has 2 aromatic carbocycles. The molecule has 0 amide bonds. The van der Waals surface area contributed by atoms with Crippen LogP contribution in [0.5, 0.6) is 0 Å². The van der Waals surface area contributed by atoms with Gasteiger partial charge in [-0.25, -0.2) is 4.39 Å². The average molecular weight is 303 g/mol. The number of halogens is 1. The van der Waals surface area contributed by atoms with Crippen LogP contribution in [0.2, 0.25) is 0 Å². The fourth-order valence-corrected chi connectivity index (χ4v) is 3.16. The Labute approximate surface area is 131 Å². The van der Waals surface area contributed by atoms with E-state index in [1.54, 1.807) is 6.07 Å². The van der Waals surface area contributed by atoms with Gasteiger partial charge in [0.1, 0.15) is 5.82 Å². The minimum absolute atomic E-state index is 0.108. The predicted molar refractivity (Wildman–Crippen MR) is 89.5 cm³/mol. The molecule has 0 spiro atoms. The molecule has 0 radical (unpaired) electrons. The van der Waals surface area contributed by atoms with Crippen LogP contribution >= 0.6 is 11.8 Å². The van der Waals surface area contributed by atoms with E-state index in [0.717, 1.165) is 23.4 Å². The van der Waals surface area contributed by atoms with Crippen molar-refractivity contribution in [1.82, 2.24) is 5.32 Å². The molecule has 1 N–H and O–H groups in total. The lowest BCUT2D eigenvalue weighted by Crippen LogP contribution is -2.22. The van der Waals surface area contributed by atoms with Gasteiger partial charge in [-0.3, -0.25) is 0 Å². The van der Waals surface area contributed by atoms with Gasteiger partial charge in [0, 0.05) is 4.90 Å². The molecule has 0 aliphatic heterocycles. The van der Waals surface area contributed by atoms with Crippen molar-refractivity contribution >= 4 is 11.8 Å². The molecule has 0 heterocycles. The molecule has 21 heavy (non-hydrogen) atoms. The molecule has 0 saturated heterocycles.